The smallest absolute Gasteiger partial charge is 0.323 e. The standard InChI is InChI=1S/C9H13N7O/c1-3-17-9-14-7(10)13-8(15-9)12-6-4-11-16(2)5-6/h4-5H,3H2,1-2H3,(H3,10,12,13,14,15). The number of ether oxygens (including phenoxy) is 1. The maximum atomic E-state index is 5.55. The van der Waals surface area contributed by atoms with Crippen LogP contribution in [0, 0.1) is 0 Å². The lowest BCUT2D eigenvalue weighted by molar-refractivity contribution is 0.312. The number of aromatic nitrogens is 5. The number of hydrogen-bond acceptors (Lipinski definition) is 7. The molecule has 2 aromatic rings. The number of hydrogen-bond donors (Lipinski definition) is 2. The summed E-state index contributed by atoms with van der Waals surface area (Å²) in [5, 5.41) is 6.97. The van der Waals surface area contributed by atoms with E-state index in [1.54, 1.807) is 17.1 Å². The molecule has 0 unspecified atom stereocenters. The fourth-order valence-corrected chi connectivity index (χ4v) is 1.24. The molecule has 0 fully saturated rings. The molecule has 90 valence electrons. The maximum absolute atomic E-state index is 5.55. The molecule has 0 aliphatic heterocycles. The first-order chi connectivity index (χ1) is 8.17. The molecule has 2 aromatic heterocycles. The molecule has 0 bridgehead atoms. The number of aryl methyl sites for hydroxylation is 1. The van der Waals surface area contributed by atoms with Crippen molar-refractivity contribution in [3.8, 4) is 6.01 Å². The van der Waals surface area contributed by atoms with Gasteiger partial charge in [0, 0.05) is 13.2 Å². The highest BCUT2D eigenvalue weighted by molar-refractivity contribution is 5.51. The molecule has 0 radical (unpaired) electrons. The maximum Gasteiger partial charge on any atom is 0.323 e. The molecule has 0 atom stereocenters. The minimum Gasteiger partial charge on any atom is -0.464 e. The van der Waals surface area contributed by atoms with Crippen molar-refractivity contribution in [2.24, 2.45) is 7.05 Å². The Morgan fingerprint density at radius 3 is 2.88 bits per heavy atom. The Kier molecular flexibility index (Phi) is 3.03. The average molecular weight is 235 g/mol. The second-order valence-corrected chi connectivity index (χ2v) is 3.26. The van der Waals surface area contributed by atoms with E-state index in [1.807, 2.05) is 14.0 Å². The summed E-state index contributed by atoms with van der Waals surface area (Å²) in [6.07, 6.45) is 3.45. The molecule has 8 heteroatoms. The molecule has 0 spiro atoms. The van der Waals surface area contributed by atoms with Gasteiger partial charge in [-0.15, -0.1) is 0 Å². The summed E-state index contributed by atoms with van der Waals surface area (Å²) < 4.78 is 6.83. The van der Waals surface area contributed by atoms with E-state index >= 15 is 0 Å². The second kappa shape index (κ2) is 4.64. The van der Waals surface area contributed by atoms with Crippen LogP contribution in [0.15, 0.2) is 12.4 Å². The Morgan fingerprint density at radius 1 is 1.41 bits per heavy atom. The minimum absolute atomic E-state index is 0.106. The van der Waals surface area contributed by atoms with Gasteiger partial charge in [-0.1, -0.05) is 0 Å². The van der Waals surface area contributed by atoms with Gasteiger partial charge in [0.05, 0.1) is 18.5 Å². The van der Waals surface area contributed by atoms with Crippen LogP contribution >= 0.6 is 0 Å². The first-order valence-electron chi connectivity index (χ1n) is 5.07. The van der Waals surface area contributed by atoms with Crippen LogP contribution in [-0.4, -0.2) is 31.3 Å². The topological polar surface area (TPSA) is 104 Å². The van der Waals surface area contributed by atoms with Gasteiger partial charge in [-0.2, -0.15) is 20.1 Å². The van der Waals surface area contributed by atoms with E-state index in [4.69, 9.17) is 10.5 Å². The van der Waals surface area contributed by atoms with Crippen LogP contribution in [0.5, 0.6) is 6.01 Å². The highest BCUT2D eigenvalue weighted by Crippen LogP contribution is 2.14. The van der Waals surface area contributed by atoms with E-state index in [1.165, 1.54) is 0 Å². The monoisotopic (exact) mass is 235 g/mol. The summed E-state index contributed by atoms with van der Waals surface area (Å²) >= 11 is 0. The molecule has 0 amide bonds. The first kappa shape index (κ1) is 11.1. The second-order valence-electron chi connectivity index (χ2n) is 3.26. The summed E-state index contributed by atoms with van der Waals surface area (Å²) in [7, 11) is 1.82. The molecule has 8 nitrogen and oxygen atoms in total. The van der Waals surface area contributed by atoms with Crippen molar-refractivity contribution in [2.75, 3.05) is 17.7 Å². The van der Waals surface area contributed by atoms with Gasteiger partial charge in [0.1, 0.15) is 0 Å². The molecule has 2 heterocycles. The molecule has 17 heavy (non-hydrogen) atoms. The molecule has 0 aliphatic rings. The highest BCUT2D eigenvalue weighted by atomic mass is 16.5. The predicted octanol–water partition coefficient (Wildman–Crippen LogP) is 0.330. The fourth-order valence-electron chi connectivity index (χ4n) is 1.24. The number of anilines is 3. The van der Waals surface area contributed by atoms with Crippen LogP contribution in [0.1, 0.15) is 6.92 Å². The third kappa shape index (κ3) is 2.80. The van der Waals surface area contributed by atoms with E-state index < -0.39 is 0 Å². The summed E-state index contributed by atoms with van der Waals surface area (Å²) in [5.41, 5.74) is 6.31. The average Bonchev–Trinajstić information content (AvgIpc) is 2.63. The summed E-state index contributed by atoms with van der Waals surface area (Å²) in [4.78, 5) is 11.8. The van der Waals surface area contributed by atoms with Crippen molar-refractivity contribution in [1.82, 2.24) is 24.7 Å². The van der Waals surface area contributed by atoms with Crippen LogP contribution in [0.25, 0.3) is 0 Å². The number of nitrogen functional groups attached to an aromatic ring is 1. The van der Waals surface area contributed by atoms with Crippen LogP contribution in [0.3, 0.4) is 0 Å². The van der Waals surface area contributed by atoms with E-state index in [0.29, 0.717) is 12.6 Å². The number of nitrogens with one attached hydrogen (secondary N) is 1. The van der Waals surface area contributed by atoms with Crippen LogP contribution in [0.4, 0.5) is 17.6 Å². The van der Waals surface area contributed by atoms with E-state index in [9.17, 15) is 0 Å². The lowest BCUT2D eigenvalue weighted by atomic mass is 10.6. The number of rotatable bonds is 4. The Bertz CT molecular complexity index is 510. The Labute approximate surface area is 97.9 Å². The molecule has 0 saturated heterocycles. The largest absolute Gasteiger partial charge is 0.464 e. The summed E-state index contributed by atoms with van der Waals surface area (Å²) in [5.74, 6) is 0.434. The Balaban J connectivity index is 2.20. The third-order valence-corrected chi connectivity index (χ3v) is 1.87. The normalized spacial score (nSPS) is 10.2. The molecular weight excluding hydrogens is 222 g/mol. The SMILES string of the molecule is CCOc1nc(N)nc(Nc2cnn(C)c2)n1. The zero-order valence-corrected chi connectivity index (χ0v) is 9.58. The fraction of sp³-hybridized carbons (Fsp3) is 0.333. The zero-order chi connectivity index (χ0) is 12.3. The highest BCUT2D eigenvalue weighted by Gasteiger charge is 2.06. The molecule has 0 aliphatic carbocycles. The van der Waals surface area contributed by atoms with Gasteiger partial charge in [-0.3, -0.25) is 4.68 Å². The first-order valence-corrected chi connectivity index (χ1v) is 5.07. The Morgan fingerprint density at radius 2 is 2.24 bits per heavy atom. The van der Waals surface area contributed by atoms with Crippen molar-refractivity contribution in [2.45, 2.75) is 6.92 Å². The van der Waals surface area contributed by atoms with Crippen LogP contribution in [-0.2, 0) is 7.05 Å². The van der Waals surface area contributed by atoms with Crippen molar-refractivity contribution in [1.29, 1.82) is 0 Å². The van der Waals surface area contributed by atoms with Crippen LogP contribution in [0.2, 0.25) is 0 Å². The Hall–Kier alpha value is -2.38. The van der Waals surface area contributed by atoms with Crippen molar-refractivity contribution in [3.05, 3.63) is 12.4 Å². The number of nitrogens with zero attached hydrogens (tertiary/aromatic N) is 5. The minimum atomic E-state index is 0.106. The van der Waals surface area contributed by atoms with Gasteiger partial charge < -0.3 is 15.8 Å². The number of nitrogens with two attached hydrogens (primary N) is 1. The van der Waals surface area contributed by atoms with Gasteiger partial charge in [0.25, 0.3) is 0 Å². The molecule has 0 aromatic carbocycles. The van der Waals surface area contributed by atoms with Gasteiger partial charge in [0.2, 0.25) is 11.9 Å². The quantitative estimate of drug-likeness (QED) is 0.786. The molecule has 3 N–H and O–H groups in total. The molecular formula is C9H13N7O. The van der Waals surface area contributed by atoms with Crippen molar-refractivity contribution in [3.63, 3.8) is 0 Å². The van der Waals surface area contributed by atoms with Crippen LogP contribution < -0.4 is 15.8 Å². The molecule has 0 saturated carbocycles. The lowest BCUT2D eigenvalue weighted by Gasteiger charge is -2.05. The van der Waals surface area contributed by atoms with E-state index in [0.717, 1.165) is 5.69 Å². The third-order valence-electron chi connectivity index (χ3n) is 1.87. The van der Waals surface area contributed by atoms with Crippen molar-refractivity contribution >= 4 is 17.6 Å². The van der Waals surface area contributed by atoms with E-state index in [-0.39, 0.29) is 12.0 Å². The lowest BCUT2D eigenvalue weighted by Crippen LogP contribution is -2.06. The van der Waals surface area contributed by atoms with E-state index in [2.05, 4.69) is 25.4 Å². The predicted molar refractivity (Wildman–Crippen MR) is 61.9 cm³/mol. The molecule has 2 rings (SSSR count). The zero-order valence-electron chi connectivity index (χ0n) is 9.58. The van der Waals surface area contributed by atoms with Gasteiger partial charge in [-0.05, 0) is 6.92 Å². The van der Waals surface area contributed by atoms with Gasteiger partial charge in [0.15, 0.2) is 0 Å². The summed E-state index contributed by atoms with van der Waals surface area (Å²) in [6.45, 7) is 2.31. The van der Waals surface area contributed by atoms with Gasteiger partial charge >= 0.3 is 6.01 Å². The summed E-state index contributed by atoms with van der Waals surface area (Å²) in [6, 6.07) is 0.200. The van der Waals surface area contributed by atoms with Gasteiger partial charge in [-0.25, -0.2) is 0 Å². The van der Waals surface area contributed by atoms with Crippen molar-refractivity contribution < 1.29 is 4.74 Å².